The van der Waals surface area contributed by atoms with Crippen molar-refractivity contribution in [2.75, 3.05) is 6.54 Å². The van der Waals surface area contributed by atoms with Crippen molar-refractivity contribution >= 4 is 73.6 Å². The minimum Gasteiger partial charge on any atom is -0.480 e. The molecule has 0 spiro atoms. The second kappa shape index (κ2) is 34.9. The van der Waals surface area contributed by atoms with Crippen LogP contribution in [0.2, 0.25) is 0 Å². The summed E-state index contributed by atoms with van der Waals surface area (Å²) in [7, 11) is 1.52. The van der Waals surface area contributed by atoms with E-state index in [1.807, 2.05) is 0 Å². The summed E-state index contributed by atoms with van der Waals surface area (Å²) in [5.74, 6) is -10.6. The number of carbonyl (C=O) groups is 11. The largest absolute Gasteiger partial charge is 0.480 e. The number of carboxylic acids is 5. The first-order valence-electron chi connectivity index (χ1n) is 21.6. The van der Waals surface area contributed by atoms with Gasteiger partial charge in [0.15, 0.2) is 7.98 Å². The van der Waals surface area contributed by atoms with E-state index in [9.17, 15) is 73.2 Å². The summed E-state index contributed by atoms with van der Waals surface area (Å²) in [6.07, 6.45) is 9.10. The first-order valence-corrected chi connectivity index (χ1v) is 21.6. The lowest BCUT2D eigenvalue weighted by atomic mass is 10.0. The molecule has 0 aromatic carbocycles. The van der Waals surface area contributed by atoms with Gasteiger partial charge in [0.2, 0.25) is 29.5 Å². The summed E-state index contributed by atoms with van der Waals surface area (Å²) in [6.45, 7) is 0.222. The molecule has 0 heterocycles. The third kappa shape index (κ3) is 30.1. The van der Waals surface area contributed by atoms with E-state index in [1.54, 1.807) is 0 Å². The normalized spacial score (nSPS) is 13.2. The number of carbonyl (C=O) groups excluding carboxylic acids is 6. The Hall–Kier alpha value is -5.61. The fourth-order valence-corrected chi connectivity index (χ4v) is 6.31. The van der Waals surface area contributed by atoms with E-state index in [-0.39, 0.29) is 32.2 Å². The lowest BCUT2D eigenvalue weighted by molar-refractivity contribution is -0.144. The molecule has 23 heteroatoms. The number of aldehydes is 1. The van der Waals surface area contributed by atoms with E-state index in [2.05, 4.69) is 31.8 Å². The number of nitrogens with one attached hydrogen (secondary N) is 6. The zero-order valence-electron chi connectivity index (χ0n) is 36.2. The third-order valence-electron chi connectivity index (χ3n) is 10.0. The molecule has 0 aliphatic heterocycles. The lowest BCUT2D eigenvalue weighted by Gasteiger charge is -2.18. The summed E-state index contributed by atoms with van der Waals surface area (Å²) in [5.41, 5.74) is 0. The van der Waals surface area contributed by atoms with Crippen molar-refractivity contribution in [1.29, 1.82) is 0 Å². The molecular weight excluding hydrogens is 831 g/mol. The van der Waals surface area contributed by atoms with Crippen molar-refractivity contribution in [3.05, 3.63) is 0 Å². The molecule has 0 fully saturated rings. The second-order valence-corrected chi connectivity index (χ2v) is 15.3. The van der Waals surface area contributed by atoms with Crippen LogP contribution in [0.25, 0.3) is 0 Å². The summed E-state index contributed by atoms with van der Waals surface area (Å²) in [6, 6.07) is -6.88. The Labute approximate surface area is 367 Å². The molecule has 0 saturated heterocycles. The Morgan fingerprint density at radius 1 is 0.381 bits per heavy atom. The van der Waals surface area contributed by atoms with Crippen LogP contribution < -0.4 is 31.8 Å². The zero-order chi connectivity index (χ0) is 47.6. The number of unbranched alkanes of at least 4 members (excludes halogenated alkanes) is 11. The molecule has 0 saturated carbocycles. The lowest BCUT2D eigenvalue weighted by Crippen LogP contribution is -2.45. The van der Waals surface area contributed by atoms with Crippen molar-refractivity contribution in [1.82, 2.24) is 31.8 Å². The summed E-state index contributed by atoms with van der Waals surface area (Å²) in [5, 5.41) is 61.4. The quantitative estimate of drug-likeness (QED) is 0.0221. The molecule has 3 unspecified atom stereocenters. The minimum absolute atomic E-state index is 0.0965. The van der Waals surface area contributed by atoms with Crippen molar-refractivity contribution in [3.63, 3.8) is 0 Å². The first-order chi connectivity index (χ1) is 29.9. The fourth-order valence-electron chi connectivity index (χ4n) is 6.31. The van der Waals surface area contributed by atoms with Crippen molar-refractivity contribution in [2.24, 2.45) is 0 Å². The molecule has 63 heavy (non-hydrogen) atoms. The number of hydrogen-bond acceptors (Lipinski definition) is 12. The van der Waals surface area contributed by atoms with Crippen molar-refractivity contribution in [3.8, 4) is 0 Å². The summed E-state index contributed by atoms with van der Waals surface area (Å²) >= 11 is 0. The van der Waals surface area contributed by atoms with Gasteiger partial charge in [0.1, 0.15) is 30.5 Å². The Kier molecular flexibility index (Phi) is 31.8. The van der Waals surface area contributed by atoms with Gasteiger partial charge in [0, 0.05) is 45.1 Å². The molecular formula is C40H67BN6O16. The molecule has 5 amide bonds. The Bertz CT molecular complexity index is 1500. The maximum Gasteiger partial charge on any atom is 0.326 e. The van der Waals surface area contributed by atoms with Gasteiger partial charge in [-0.05, 0) is 57.8 Å². The van der Waals surface area contributed by atoms with Gasteiger partial charge in [-0.3, -0.25) is 28.8 Å². The van der Waals surface area contributed by atoms with E-state index in [4.69, 9.17) is 5.11 Å². The van der Waals surface area contributed by atoms with E-state index >= 15 is 0 Å². The van der Waals surface area contributed by atoms with Crippen LogP contribution in [-0.2, 0) is 52.7 Å². The molecule has 0 aromatic rings. The van der Waals surface area contributed by atoms with E-state index in [1.165, 1.54) is 7.98 Å². The van der Waals surface area contributed by atoms with Crippen molar-refractivity contribution < 1.29 is 78.3 Å². The summed E-state index contributed by atoms with van der Waals surface area (Å²) < 4.78 is 0. The monoisotopic (exact) mass is 898 g/mol. The van der Waals surface area contributed by atoms with Crippen LogP contribution in [0.15, 0.2) is 0 Å². The van der Waals surface area contributed by atoms with E-state index < -0.39 is 122 Å². The van der Waals surface area contributed by atoms with Gasteiger partial charge in [-0.25, -0.2) is 19.2 Å². The van der Waals surface area contributed by atoms with Gasteiger partial charge in [0.05, 0.1) is 6.04 Å². The standard InChI is InChI=1S/C40H67BN6O16/c41-47-30(40(62)63)14-11-12-24-42-31(49)20-16-26(36(54)55)44-33(51)22-18-28(38(58)59)46-35(53)23-19-29(39(60)61)45-34(52)21-17-27(37(56)57)43-32(50)15-10-8-6-4-2-1-3-5-7-9-13-25-48/h25-30,47H,1-24,41H2,(H,42,49)(H,43,50)(H,44,51)(H,45,52)(H,46,53)(H,54,55)(H,56,57)(H,58,59)(H,60,61)(H,62,63)/t26?,27-,28-,29?,30?/m0/s1. The highest BCUT2D eigenvalue weighted by atomic mass is 16.4. The fraction of sp³-hybridized carbons (Fsp3) is 0.725. The molecule has 0 rings (SSSR count). The van der Waals surface area contributed by atoms with Crippen LogP contribution in [0, 0.1) is 0 Å². The first kappa shape index (κ1) is 57.4. The zero-order valence-corrected chi connectivity index (χ0v) is 36.2. The minimum atomic E-state index is -1.64. The Morgan fingerprint density at radius 2 is 0.698 bits per heavy atom. The Balaban J connectivity index is 4.70. The maximum absolute atomic E-state index is 12.6. The van der Waals surface area contributed by atoms with Crippen LogP contribution in [0.1, 0.15) is 148 Å². The van der Waals surface area contributed by atoms with Gasteiger partial charge in [-0.15, -0.1) is 0 Å². The number of rotatable bonds is 40. The van der Waals surface area contributed by atoms with Crippen LogP contribution in [0.3, 0.4) is 0 Å². The van der Waals surface area contributed by atoms with Gasteiger partial charge in [0.25, 0.3) is 0 Å². The smallest absolute Gasteiger partial charge is 0.326 e. The molecule has 0 aliphatic rings. The molecule has 356 valence electrons. The number of hydrogen-bond donors (Lipinski definition) is 11. The molecule has 0 bridgehead atoms. The van der Waals surface area contributed by atoms with Gasteiger partial charge in [-0.1, -0.05) is 51.4 Å². The highest BCUT2D eigenvalue weighted by molar-refractivity contribution is 6.06. The average Bonchev–Trinajstić information content (AvgIpc) is 3.22. The second-order valence-electron chi connectivity index (χ2n) is 15.3. The van der Waals surface area contributed by atoms with Gasteiger partial charge < -0.3 is 62.1 Å². The van der Waals surface area contributed by atoms with Gasteiger partial charge >= 0.3 is 29.8 Å². The number of aliphatic carboxylic acids is 5. The molecule has 0 radical (unpaired) electrons. The molecule has 22 nitrogen and oxygen atoms in total. The molecule has 5 atom stereocenters. The third-order valence-corrected chi connectivity index (χ3v) is 10.0. The van der Waals surface area contributed by atoms with E-state index in [0.717, 1.165) is 64.1 Å². The average molecular weight is 899 g/mol. The van der Waals surface area contributed by atoms with Crippen LogP contribution in [0.5, 0.6) is 0 Å². The van der Waals surface area contributed by atoms with Crippen LogP contribution in [-0.4, -0.2) is 136 Å². The topological polar surface area (TPSA) is 361 Å². The van der Waals surface area contributed by atoms with Crippen molar-refractivity contribution in [2.45, 2.75) is 178 Å². The highest BCUT2D eigenvalue weighted by Crippen LogP contribution is 2.12. The predicted molar refractivity (Wildman–Crippen MR) is 227 cm³/mol. The Morgan fingerprint density at radius 3 is 1.03 bits per heavy atom. The van der Waals surface area contributed by atoms with E-state index in [0.29, 0.717) is 32.1 Å². The summed E-state index contributed by atoms with van der Waals surface area (Å²) in [4.78, 5) is 131. The SMILES string of the molecule is BNC(CCCCNC(=O)CCC(NC(=O)CC[C@H](NC(=O)CCC(NC(=O)CC[C@H](NC(=O)CCCCCCCCCCCCC=O)C(=O)O)C(=O)O)C(=O)O)C(=O)O)C(=O)O. The maximum atomic E-state index is 12.6. The molecule has 0 aliphatic carbocycles. The van der Waals surface area contributed by atoms with Crippen LogP contribution in [0.4, 0.5) is 0 Å². The molecule has 11 N–H and O–H groups in total. The predicted octanol–water partition coefficient (Wildman–Crippen LogP) is 0.142. The number of amides is 5. The highest BCUT2D eigenvalue weighted by Gasteiger charge is 2.27. The number of carboxylic acid groups (broad SMARTS) is 5. The molecule has 0 aromatic heterocycles. The van der Waals surface area contributed by atoms with Gasteiger partial charge in [-0.2, -0.15) is 0 Å². The van der Waals surface area contributed by atoms with Crippen LogP contribution >= 0.6 is 0 Å².